The first-order chi connectivity index (χ1) is 7.75. The first-order valence-electron chi connectivity index (χ1n) is 6.29. The molecule has 0 heterocycles. The number of rotatable bonds is 10. The molecule has 0 aromatic heterocycles. The molecule has 4 nitrogen and oxygen atoms in total. The van der Waals surface area contributed by atoms with Gasteiger partial charge in [-0.2, -0.15) is 0 Å². The van der Waals surface area contributed by atoms with E-state index in [1.165, 1.54) is 0 Å². The van der Waals surface area contributed by atoms with E-state index in [-0.39, 0.29) is 6.04 Å². The number of aliphatic carboxylic acids is 1. The van der Waals surface area contributed by atoms with Crippen molar-refractivity contribution in [1.29, 1.82) is 0 Å². The third-order valence-corrected chi connectivity index (χ3v) is 2.83. The van der Waals surface area contributed by atoms with E-state index in [0.717, 1.165) is 51.9 Å². The third-order valence-electron chi connectivity index (χ3n) is 2.83. The first kappa shape index (κ1) is 13.5. The zero-order valence-electron chi connectivity index (χ0n) is 10.1. The Hall–Kier alpha value is -0.610. The molecule has 0 spiro atoms. The Morgan fingerprint density at radius 3 is 2.69 bits per heavy atom. The van der Waals surface area contributed by atoms with E-state index in [1.54, 1.807) is 0 Å². The molecule has 0 saturated heterocycles. The molecule has 16 heavy (non-hydrogen) atoms. The van der Waals surface area contributed by atoms with Crippen LogP contribution in [-0.2, 0) is 9.53 Å². The normalized spacial score (nSPS) is 17.3. The summed E-state index contributed by atoms with van der Waals surface area (Å²) in [5, 5.41) is 12.1. The molecule has 1 rings (SSSR count). The smallest absolute Gasteiger partial charge is 0.320 e. The maximum atomic E-state index is 10.9. The highest BCUT2D eigenvalue weighted by molar-refractivity contribution is 5.74. The SMILES string of the molecule is CCCCOCCCNC(C(=O)O)C1CC1. The molecule has 1 aliphatic rings. The second kappa shape index (κ2) is 7.63. The van der Waals surface area contributed by atoms with Crippen LogP contribution in [0.1, 0.15) is 39.0 Å². The standard InChI is InChI=1S/C12H23NO3/c1-2-3-8-16-9-4-7-13-11(12(14)15)10-5-6-10/h10-11,13H,2-9H2,1H3,(H,14,15). The second-order valence-corrected chi connectivity index (χ2v) is 4.43. The highest BCUT2D eigenvalue weighted by atomic mass is 16.5. The molecule has 1 aliphatic carbocycles. The predicted molar refractivity (Wildman–Crippen MR) is 62.5 cm³/mol. The number of nitrogens with one attached hydrogen (secondary N) is 1. The van der Waals surface area contributed by atoms with Crippen LogP contribution in [0.4, 0.5) is 0 Å². The highest BCUT2D eigenvalue weighted by Crippen LogP contribution is 2.32. The predicted octanol–water partition coefficient (Wildman–Crippen LogP) is 1.65. The molecule has 1 atom stereocenters. The van der Waals surface area contributed by atoms with E-state index >= 15 is 0 Å². The van der Waals surface area contributed by atoms with Crippen LogP contribution in [0.25, 0.3) is 0 Å². The summed E-state index contributed by atoms with van der Waals surface area (Å²) >= 11 is 0. The van der Waals surface area contributed by atoms with Crippen molar-refractivity contribution in [3.05, 3.63) is 0 Å². The maximum Gasteiger partial charge on any atom is 0.320 e. The van der Waals surface area contributed by atoms with Gasteiger partial charge in [-0.25, -0.2) is 0 Å². The van der Waals surface area contributed by atoms with E-state index in [9.17, 15) is 4.79 Å². The summed E-state index contributed by atoms with van der Waals surface area (Å²) in [6.07, 6.45) is 5.25. The van der Waals surface area contributed by atoms with Crippen molar-refractivity contribution in [2.24, 2.45) is 5.92 Å². The van der Waals surface area contributed by atoms with Crippen LogP contribution >= 0.6 is 0 Å². The fraction of sp³-hybridized carbons (Fsp3) is 0.917. The topological polar surface area (TPSA) is 58.6 Å². The van der Waals surface area contributed by atoms with Crippen LogP contribution in [0.2, 0.25) is 0 Å². The summed E-state index contributed by atoms with van der Waals surface area (Å²) in [6, 6.07) is -0.337. The minimum atomic E-state index is -0.714. The van der Waals surface area contributed by atoms with Gasteiger partial charge in [0.15, 0.2) is 0 Å². The summed E-state index contributed by atoms with van der Waals surface area (Å²) in [5.41, 5.74) is 0. The Labute approximate surface area is 97.4 Å². The molecular formula is C12H23NO3. The van der Waals surface area contributed by atoms with Gasteiger partial charge in [-0.15, -0.1) is 0 Å². The van der Waals surface area contributed by atoms with Gasteiger partial charge in [-0.1, -0.05) is 13.3 Å². The molecule has 0 aromatic rings. The molecule has 0 radical (unpaired) electrons. The largest absolute Gasteiger partial charge is 0.480 e. The minimum Gasteiger partial charge on any atom is -0.480 e. The quantitative estimate of drug-likeness (QED) is 0.559. The summed E-state index contributed by atoms with van der Waals surface area (Å²) < 4.78 is 5.41. The lowest BCUT2D eigenvalue weighted by Gasteiger charge is -2.13. The number of carbonyl (C=O) groups is 1. The van der Waals surface area contributed by atoms with Gasteiger partial charge in [0.05, 0.1) is 0 Å². The van der Waals surface area contributed by atoms with E-state index in [1.807, 2.05) is 0 Å². The summed E-state index contributed by atoms with van der Waals surface area (Å²) in [7, 11) is 0. The first-order valence-corrected chi connectivity index (χ1v) is 6.29. The van der Waals surface area contributed by atoms with Crippen molar-refractivity contribution in [2.75, 3.05) is 19.8 Å². The lowest BCUT2D eigenvalue weighted by atomic mass is 10.2. The number of carboxylic acid groups (broad SMARTS) is 1. The number of ether oxygens (including phenoxy) is 1. The van der Waals surface area contributed by atoms with Crippen molar-refractivity contribution in [3.8, 4) is 0 Å². The number of hydrogen-bond donors (Lipinski definition) is 2. The fourth-order valence-electron chi connectivity index (χ4n) is 1.67. The highest BCUT2D eigenvalue weighted by Gasteiger charge is 2.35. The van der Waals surface area contributed by atoms with Crippen LogP contribution in [0.15, 0.2) is 0 Å². The molecule has 1 fully saturated rings. The van der Waals surface area contributed by atoms with Crippen LogP contribution in [0.5, 0.6) is 0 Å². The van der Waals surface area contributed by atoms with Crippen molar-refractivity contribution < 1.29 is 14.6 Å². The Kier molecular flexibility index (Phi) is 6.42. The monoisotopic (exact) mass is 229 g/mol. The molecule has 2 N–H and O–H groups in total. The van der Waals surface area contributed by atoms with Crippen molar-refractivity contribution in [3.63, 3.8) is 0 Å². The molecule has 1 unspecified atom stereocenters. The van der Waals surface area contributed by atoms with Gasteiger partial charge in [0.1, 0.15) is 6.04 Å². The van der Waals surface area contributed by atoms with E-state index in [0.29, 0.717) is 5.92 Å². The van der Waals surface area contributed by atoms with Gasteiger partial charge >= 0.3 is 5.97 Å². The average molecular weight is 229 g/mol. The van der Waals surface area contributed by atoms with Gasteiger partial charge in [0, 0.05) is 13.2 Å². The molecule has 0 bridgehead atoms. The summed E-state index contributed by atoms with van der Waals surface area (Å²) in [5.74, 6) is -0.354. The van der Waals surface area contributed by atoms with E-state index in [2.05, 4.69) is 12.2 Å². The number of carboxylic acids is 1. The van der Waals surface area contributed by atoms with Crippen molar-refractivity contribution in [2.45, 2.75) is 45.1 Å². The Morgan fingerprint density at radius 2 is 2.12 bits per heavy atom. The second-order valence-electron chi connectivity index (χ2n) is 4.43. The molecule has 0 aliphatic heterocycles. The van der Waals surface area contributed by atoms with Gasteiger partial charge in [0.25, 0.3) is 0 Å². The lowest BCUT2D eigenvalue weighted by molar-refractivity contribution is -0.140. The Morgan fingerprint density at radius 1 is 1.44 bits per heavy atom. The van der Waals surface area contributed by atoms with Gasteiger partial charge < -0.3 is 15.2 Å². The Bertz CT molecular complexity index is 204. The van der Waals surface area contributed by atoms with Crippen LogP contribution in [0.3, 0.4) is 0 Å². The number of unbranched alkanes of at least 4 members (excludes halogenated alkanes) is 1. The average Bonchev–Trinajstić information content (AvgIpc) is 3.05. The molecule has 94 valence electrons. The number of hydrogen-bond acceptors (Lipinski definition) is 3. The minimum absolute atomic E-state index is 0.337. The van der Waals surface area contributed by atoms with E-state index < -0.39 is 5.97 Å². The fourth-order valence-corrected chi connectivity index (χ4v) is 1.67. The molecule has 4 heteroatoms. The zero-order chi connectivity index (χ0) is 11.8. The van der Waals surface area contributed by atoms with Gasteiger partial charge in [0.2, 0.25) is 0 Å². The van der Waals surface area contributed by atoms with Gasteiger partial charge in [-0.3, -0.25) is 4.79 Å². The van der Waals surface area contributed by atoms with Crippen LogP contribution in [0, 0.1) is 5.92 Å². The van der Waals surface area contributed by atoms with E-state index in [4.69, 9.17) is 9.84 Å². The molecule has 0 aromatic carbocycles. The molecule has 0 amide bonds. The van der Waals surface area contributed by atoms with Crippen molar-refractivity contribution >= 4 is 5.97 Å². The van der Waals surface area contributed by atoms with Gasteiger partial charge in [-0.05, 0) is 38.1 Å². The lowest BCUT2D eigenvalue weighted by Crippen LogP contribution is -2.39. The summed E-state index contributed by atoms with van der Waals surface area (Å²) in [4.78, 5) is 10.9. The summed E-state index contributed by atoms with van der Waals surface area (Å²) in [6.45, 7) is 4.42. The molecular weight excluding hydrogens is 206 g/mol. The zero-order valence-corrected chi connectivity index (χ0v) is 10.1. The Balaban J connectivity index is 1.94. The van der Waals surface area contributed by atoms with Crippen LogP contribution in [-0.4, -0.2) is 36.9 Å². The molecule has 1 saturated carbocycles. The van der Waals surface area contributed by atoms with Crippen molar-refractivity contribution in [1.82, 2.24) is 5.32 Å². The van der Waals surface area contributed by atoms with Crippen LogP contribution < -0.4 is 5.32 Å². The maximum absolute atomic E-state index is 10.9. The third kappa shape index (κ3) is 5.47.